The maximum absolute atomic E-state index is 12.7. The van der Waals surface area contributed by atoms with Crippen LogP contribution in [0.3, 0.4) is 0 Å². The summed E-state index contributed by atoms with van der Waals surface area (Å²) in [5.41, 5.74) is 1.78. The Morgan fingerprint density at radius 1 is 1.23 bits per heavy atom. The van der Waals surface area contributed by atoms with E-state index in [9.17, 15) is 9.59 Å². The molecular formula is C20H22N2O4. The summed E-state index contributed by atoms with van der Waals surface area (Å²) < 4.78 is 11.4. The van der Waals surface area contributed by atoms with E-state index in [1.807, 2.05) is 49.4 Å². The van der Waals surface area contributed by atoms with E-state index < -0.39 is 6.10 Å². The molecule has 0 saturated carbocycles. The topological polar surface area (TPSA) is 67.9 Å². The molecule has 3 rings (SSSR count). The summed E-state index contributed by atoms with van der Waals surface area (Å²) in [6.45, 7) is 2.44. The van der Waals surface area contributed by atoms with Crippen LogP contribution in [-0.2, 0) is 9.59 Å². The standard InChI is InChI=1S/C20H22N2O4/c1-14-6-5-7-15(12-14)25-11-10-19(23)22-13-18(20(24)21-2)26-17-9-4-3-8-16(17)22/h3-9,12,18H,10-11,13H2,1-2H3,(H,21,24)/t18-/m0/s1. The zero-order valence-electron chi connectivity index (χ0n) is 14.9. The third-order valence-electron chi connectivity index (χ3n) is 4.19. The van der Waals surface area contributed by atoms with E-state index in [0.29, 0.717) is 11.4 Å². The Labute approximate surface area is 152 Å². The average Bonchev–Trinajstić information content (AvgIpc) is 2.66. The average molecular weight is 354 g/mol. The number of nitrogens with one attached hydrogen (secondary N) is 1. The smallest absolute Gasteiger partial charge is 0.262 e. The number of hydrogen-bond acceptors (Lipinski definition) is 4. The highest BCUT2D eigenvalue weighted by Crippen LogP contribution is 2.33. The van der Waals surface area contributed by atoms with Gasteiger partial charge in [0.1, 0.15) is 11.5 Å². The Balaban J connectivity index is 1.68. The molecule has 1 aliphatic rings. The Bertz CT molecular complexity index is 806. The van der Waals surface area contributed by atoms with E-state index in [-0.39, 0.29) is 31.4 Å². The number of anilines is 1. The molecule has 1 atom stereocenters. The number of likely N-dealkylation sites (N-methyl/N-ethyl adjacent to an activating group) is 1. The number of nitrogens with zero attached hydrogens (tertiary/aromatic N) is 1. The maximum Gasteiger partial charge on any atom is 0.262 e. The predicted octanol–water partition coefficient (Wildman–Crippen LogP) is 2.30. The molecule has 136 valence electrons. The second-order valence-electron chi connectivity index (χ2n) is 6.11. The van der Waals surface area contributed by atoms with Crippen LogP contribution >= 0.6 is 0 Å². The number of fused-ring (bicyclic) bond motifs is 1. The van der Waals surface area contributed by atoms with Gasteiger partial charge in [-0.3, -0.25) is 9.59 Å². The fourth-order valence-electron chi connectivity index (χ4n) is 2.86. The summed E-state index contributed by atoms with van der Waals surface area (Å²) in [5.74, 6) is 0.902. The van der Waals surface area contributed by atoms with Gasteiger partial charge in [-0.05, 0) is 36.8 Å². The largest absolute Gasteiger partial charge is 0.493 e. The Morgan fingerprint density at radius 3 is 2.81 bits per heavy atom. The van der Waals surface area contributed by atoms with Crippen molar-refractivity contribution >= 4 is 17.5 Å². The molecule has 2 aromatic rings. The van der Waals surface area contributed by atoms with Crippen LogP contribution in [0.2, 0.25) is 0 Å². The molecule has 2 aromatic carbocycles. The lowest BCUT2D eigenvalue weighted by Gasteiger charge is -2.34. The number of hydrogen-bond donors (Lipinski definition) is 1. The first kappa shape index (κ1) is 17.8. The molecule has 0 spiro atoms. The van der Waals surface area contributed by atoms with Gasteiger partial charge in [-0.1, -0.05) is 24.3 Å². The maximum atomic E-state index is 12.7. The lowest BCUT2D eigenvalue weighted by atomic mass is 10.1. The summed E-state index contributed by atoms with van der Waals surface area (Å²) >= 11 is 0. The van der Waals surface area contributed by atoms with E-state index in [1.54, 1.807) is 18.0 Å². The third-order valence-corrected chi connectivity index (χ3v) is 4.19. The fourth-order valence-corrected chi connectivity index (χ4v) is 2.86. The van der Waals surface area contributed by atoms with Crippen LogP contribution in [0.15, 0.2) is 48.5 Å². The van der Waals surface area contributed by atoms with Crippen LogP contribution in [0.4, 0.5) is 5.69 Å². The van der Waals surface area contributed by atoms with Gasteiger partial charge in [-0.25, -0.2) is 0 Å². The minimum absolute atomic E-state index is 0.109. The van der Waals surface area contributed by atoms with Crippen molar-refractivity contribution in [2.45, 2.75) is 19.4 Å². The number of para-hydroxylation sites is 2. The van der Waals surface area contributed by atoms with Crippen LogP contribution in [0.25, 0.3) is 0 Å². The summed E-state index contributed by atoms with van der Waals surface area (Å²) in [6.07, 6.45) is -0.514. The van der Waals surface area contributed by atoms with Gasteiger partial charge in [0.15, 0.2) is 6.10 Å². The molecule has 0 bridgehead atoms. The van der Waals surface area contributed by atoms with Crippen molar-refractivity contribution in [1.82, 2.24) is 5.32 Å². The summed E-state index contributed by atoms with van der Waals surface area (Å²) in [4.78, 5) is 26.3. The second kappa shape index (κ2) is 7.91. The van der Waals surface area contributed by atoms with E-state index in [1.165, 1.54) is 0 Å². The Morgan fingerprint density at radius 2 is 2.04 bits per heavy atom. The van der Waals surface area contributed by atoms with Crippen molar-refractivity contribution in [1.29, 1.82) is 0 Å². The fraction of sp³-hybridized carbons (Fsp3) is 0.300. The Kier molecular flexibility index (Phi) is 5.41. The molecule has 6 heteroatoms. The number of benzene rings is 2. The third kappa shape index (κ3) is 3.96. The zero-order chi connectivity index (χ0) is 18.5. The lowest BCUT2D eigenvalue weighted by Crippen LogP contribution is -2.50. The molecule has 6 nitrogen and oxygen atoms in total. The van der Waals surface area contributed by atoms with Crippen LogP contribution in [-0.4, -0.2) is 38.1 Å². The van der Waals surface area contributed by atoms with Gasteiger partial charge < -0.3 is 19.7 Å². The molecule has 0 aromatic heterocycles. The molecule has 26 heavy (non-hydrogen) atoms. The van der Waals surface area contributed by atoms with Crippen molar-refractivity contribution < 1.29 is 19.1 Å². The van der Waals surface area contributed by atoms with Gasteiger partial charge in [0.25, 0.3) is 5.91 Å². The Hall–Kier alpha value is -3.02. The minimum atomic E-state index is -0.725. The highest BCUT2D eigenvalue weighted by Gasteiger charge is 2.33. The van der Waals surface area contributed by atoms with Crippen LogP contribution in [0.5, 0.6) is 11.5 Å². The number of carbonyl (C=O) groups is 2. The first-order valence-corrected chi connectivity index (χ1v) is 8.55. The first-order chi connectivity index (χ1) is 12.6. The molecule has 0 aliphatic carbocycles. The van der Waals surface area contributed by atoms with E-state index in [0.717, 1.165) is 11.3 Å². The lowest BCUT2D eigenvalue weighted by molar-refractivity contribution is -0.128. The number of carbonyl (C=O) groups excluding carboxylic acids is 2. The van der Waals surface area contributed by atoms with E-state index >= 15 is 0 Å². The molecule has 0 unspecified atom stereocenters. The highest BCUT2D eigenvalue weighted by atomic mass is 16.5. The van der Waals surface area contributed by atoms with Crippen molar-refractivity contribution in [3.05, 3.63) is 54.1 Å². The molecule has 2 amide bonds. The van der Waals surface area contributed by atoms with Crippen LogP contribution in [0, 0.1) is 6.92 Å². The van der Waals surface area contributed by atoms with E-state index in [2.05, 4.69) is 5.32 Å². The van der Waals surface area contributed by atoms with E-state index in [4.69, 9.17) is 9.47 Å². The summed E-state index contributed by atoms with van der Waals surface area (Å²) in [5, 5.41) is 2.57. The quantitative estimate of drug-likeness (QED) is 0.895. The first-order valence-electron chi connectivity index (χ1n) is 8.55. The molecule has 0 radical (unpaired) electrons. The molecule has 0 fully saturated rings. The van der Waals surface area contributed by atoms with Crippen molar-refractivity contribution in [2.24, 2.45) is 0 Å². The SMILES string of the molecule is CNC(=O)[C@@H]1CN(C(=O)CCOc2cccc(C)c2)c2ccccc2O1. The highest BCUT2D eigenvalue weighted by molar-refractivity contribution is 5.97. The molecule has 0 saturated heterocycles. The second-order valence-corrected chi connectivity index (χ2v) is 6.11. The number of aryl methyl sites for hydroxylation is 1. The van der Waals surface area contributed by atoms with Crippen LogP contribution in [0.1, 0.15) is 12.0 Å². The van der Waals surface area contributed by atoms with Gasteiger partial charge in [0.05, 0.1) is 25.3 Å². The molecule has 1 aliphatic heterocycles. The van der Waals surface area contributed by atoms with Gasteiger partial charge in [0, 0.05) is 7.05 Å². The molecule has 1 N–H and O–H groups in total. The van der Waals surface area contributed by atoms with Gasteiger partial charge >= 0.3 is 0 Å². The number of amides is 2. The number of ether oxygens (including phenoxy) is 2. The zero-order valence-corrected chi connectivity index (χ0v) is 14.9. The monoisotopic (exact) mass is 354 g/mol. The van der Waals surface area contributed by atoms with Gasteiger partial charge in [-0.15, -0.1) is 0 Å². The molecule has 1 heterocycles. The predicted molar refractivity (Wildman–Crippen MR) is 98.6 cm³/mol. The van der Waals surface area contributed by atoms with Gasteiger partial charge in [0.2, 0.25) is 5.91 Å². The normalized spacial score (nSPS) is 15.6. The minimum Gasteiger partial charge on any atom is -0.493 e. The number of rotatable bonds is 5. The summed E-state index contributed by atoms with van der Waals surface area (Å²) in [7, 11) is 1.55. The summed E-state index contributed by atoms with van der Waals surface area (Å²) in [6, 6.07) is 14.9. The van der Waals surface area contributed by atoms with Crippen molar-refractivity contribution in [3.8, 4) is 11.5 Å². The molecular weight excluding hydrogens is 332 g/mol. The van der Waals surface area contributed by atoms with Crippen molar-refractivity contribution in [3.63, 3.8) is 0 Å². The van der Waals surface area contributed by atoms with Crippen molar-refractivity contribution in [2.75, 3.05) is 25.1 Å². The van der Waals surface area contributed by atoms with Crippen LogP contribution < -0.4 is 19.7 Å². The van der Waals surface area contributed by atoms with Gasteiger partial charge in [-0.2, -0.15) is 0 Å².